The van der Waals surface area contributed by atoms with Crippen molar-refractivity contribution in [3.8, 4) is 0 Å². The summed E-state index contributed by atoms with van der Waals surface area (Å²) in [6.45, 7) is 1.61. The molecule has 1 unspecified atom stereocenters. The van der Waals surface area contributed by atoms with Crippen LogP contribution in [0.3, 0.4) is 0 Å². The Morgan fingerprint density at radius 2 is 2.33 bits per heavy atom. The highest BCUT2D eigenvalue weighted by atomic mass is 35.5. The third-order valence-electron chi connectivity index (χ3n) is 2.29. The van der Waals surface area contributed by atoms with Gasteiger partial charge in [-0.1, -0.05) is 11.6 Å². The van der Waals surface area contributed by atoms with Crippen molar-refractivity contribution in [2.24, 2.45) is 0 Å². The summed E-state index contributed by atoms with van der Waals surface area (Å²) in [5, 5.41) is 9.44. The first kappa shape index (κ1) is 10.4. The lowest BCUT2D eigenvalue weighted by Gasteiger charge is -2.09. The van der Waals surface area contributed by atoms with Crippen LogP contribution in [0.4, 0.5) is 0 Å². The van der Waals surface area contributed by atoms with Crippen molar-refractivity contribution < 1.29 is 9.90 Å². The Balaban J connectivity index is 2.71. The molecule has 0 aliphatic heterocycles. The van der Waals surface area contributed by atoms with Gasteiger partial charge in [-0.05, 0) is 19.1 Å². The molecule has 3 nitrogen and oxygen atoms in total. The van der Waals surface area contributed by atoms with Gasteiger partial charge in [0.05, 0.1) is 21.6 Å². The van der Waals surface area contributed by atoms with E-state index in [9.17, 15) is 4.79 Å². The van der Waals surface area contributed by atoms with E-state index in [1.165, 1.54) is 11.3 Å². The Labute approximate surface area is 95.3 Å². The summed E-state index contributed by atoms with van der Waals surface area (Å²) in [6, 6.07) is 3.57. The Morgan fingerprint density at radius 3 is 3.00 bits per heavy atom. The number of aliphatic carboxylic acids is 1. The number of rotatable bonds is 2. The van der Waals surface area contributed by atoms with Gasteiger partial charge < -0.3 is 5.11 Å². The molecule has 0 aliphatic rings. The number of fused-ring (bicyclic) bond motifs is 1. The van der Waals surface area contributed by atoms with Crippen LogP contribution in [0.25, 0.3) is 10.2 Å². The average molecular weight is 242 g/mol. The van der Waals surface area contributed by atoms with Gasteiger partial charge in [0.15, 0.2) is 0 Å². The zero-order valence-electron chi connectivity index (χ0n) is 7.90. The second-order valence-corrected chi connectivity index (χ2v) is 4.51. The van der Waals surface area contributed by atoms with Crippen molar-refractivity contribution in [3.63, 3.8) is 0 Å². The van der Waals surface area contributed by atoms with E-state index in [1.807, 2.05) is 6.07 Å². The summed E-state index contributed by atoms with van der Waals surface area (Å²) < 4.78 is 0.961. The van der Waals surface area contributed by atoms with Gasteiger partial charge in [0.2, 0.25) is 0 Å². The van der Waals surface area contributed by atoms with Gasteiger partial charge in [0, 0.05) is 10.6 Å². The van der Waals surface area contributed by atoms with Crippen molar-refractivity contribution in [1.29, 1.82) is 0 Å². The first-order chi connectivity index (χ1) is 7.11. The summed E-state index contributed by atoms with van der Waals surface area (Å²) in [5.74, 6) is -1.53. The number of benzene rings is 1. The average Bonchev–Trinajstić information content (AvgIpc) is 2.64. The second-order valence-electron chi connectivity index (χ2n) is 3.22. The summed E-state index contributed by atoms with van der Waals surface area (Å²) in [5.41, 5.74) is 2.99. The van der Waals surface area contributed by atoms with Gasteiger partial charge in [-0.25, -0.2) is 4.98 Å². The van der Waals surface area contributed by atoms with Gasteiger partial charge in [0.25, 0.3) is 0 Å². The number of aromatic nitrogens is 1. The summed E-state index contributed by atoms with van der Waals surface area (Å²) >= 11 is 7.48. The molecule has 1 aromatic heterocycles. The molecule has 1 N–H and O–H groups in total. The van der Waals surface area contributed by atoms with E-state index < -0.39 is 11.9 Å². The molecular formula is C10H8ClNO2S. The monoisotopic (exact) mass is 241 g/mol. The lowest BCUT2D eigenvalue weighted by Crippen LogP contribution is -2.08. The number of thiazole rings is 1. The smallest absolute Gasteiger partial charge is 0.310 e. The van der Waals surface area contributed by atoms with Crippen molar-refractivity contribution in [2.75, 3.05) is 0 Å². The van der Waals surface area contributed by atoms with Crippen molar-refractivity contribution >= 4 is 39.1 Å². The van der Waals surface area contributed by atoms with E-state index in [0.29, 0.717) is 16.1 Å². The van der Waals surface area contributed by atoms with E-state index in [4.69, 9.17) is 16.7 Å². The summed E-state index contributed by atoms with van der Waals surface area (Å²) in [6.07, 6.45) is 0. The summed E-state index contributed by atoms with van der Waals surface area (Å²) in [7, 11) is 0. The topological polar surface area (TPSA) is 50.2 Å². The highest BCUT2D eigenvalue weighted by Crippen LogP contribution is 2.33. The lowest BCUT2D eigenvalue weighted by atomic mass is 10.0. The molecule has 0 bridgehead atoms. The fourth-order valence-electron chi connectivity index (χ4n) is 1.46. The number of carbonyl (C=O) groups is 1. The maximum atomic E-state index is 10.9. The van der Waals surface area contributed by atoms with Crippen LogP contribution in [0.2, 0.25) is 5.02 Å². The number of carboxylic acid groups (broad SMARTS) is 1. The minimum absolute atomic E-state index is 0.461. The fraction of sp³-hybridized carbons (Fsp3) is 0.200. The minimum Gasteiger partial charge on any atom is -0.481 e. The zero-order valence-corrected chi connectivity index (χ0v) is 9.47. The molecule has 1 heterocycles. The number of nitrogens with zero attached hydrogens (tertiary/aromatic N) is 1. The fourth-order valence-corrected chi connectivity index (χ4v) is 2.47. The molecule has 0 amide bonds. The van der Waals surface area contributed by atoms with Crippen LogP contribution >= 0.6 is 22.9 Å². The molecule has 0 spiro atoms. The number of hydrogen-bond acceptors (Lipinski definition) is 3. The maximum absolute atomic E-state index is 10.9. The van der Waals surface area contributed by atoms with E-state index in [2.05, 4.69) is 4.98 Å². The normalized spacial score (nSPS) is 12.9. The molecule has 0 fully saturated rings. The van der Waals surface area contributed by atoms with Crippen LogP contribution in [-0.2, 0) is 4.79 Å². The van der Waals surface area contributed by atoms with Crippen LogP contribution < -0.4 is 0 Å². The molecule has 1 aromatic carbocycles. The van der Waals surface area contributed by atoms with Crippen LogP contribution in [0, 0.1) is 0 Å². The summed E-state index contributed by atoms with van der Waals surface area (Å²) in [4.78, 5) is 15.1. The lowest BCUT2D eigenvalue weighted by molar-refractivity contribution is -0.138. The van der Waals surface area contributed by atoms with Crippen molar-refractivity contribution in [2.45, 2.75) is 12.8 Å². The predicted octanol–water partition coefficient (Wildman–Crippen LogP) is 3.14. The maximum Gasteiger partial charge on any atom is 0.310 e. The molecule has 0 aliphatic carbocycles. The number of carboxylic acids is 1. The SMILES string of the molecule is CC(C(=O)O)c1c(Cl)ccc2scnc12. The van der Waals surface area contributed by atoms with Gasteiger partial charge >= 0.3 is 5.97 Å². The van der Waals surface area contributed by atoms with Crippen LogP contribution in [0.1, 0.15) is 18.4 Å². The number of hydrogen-bond donors (Lipinski definition) is 1. The first-order valence-electron chi connectivity index (χ1n) is 4.35. The van der Waals surface area contributed by atoms with Gasteiger partial charge in [-0.15, -0.1) is 11.3 Å². The Hall–Kier alpha value is -1.13. The van der Waals surface area contributed by atoms with E-state index in [1.54, 1.807) is 18.5 Å². The molecule has 1 atom stereocenters. The molecule has 0 saturated heterocycles. The van der Waals surface area contributed by atoms with Gasteiger partial charge in [-0.2, -0.15) is 0 Å². The Morgan fingerprint density at radius 1 is 1.60 bits per heavy atom. The van der Waals surface area contributed by atoms with E-state index >= 15 is 0 Å². The van der Waals surface area contributed by atoms with Gasteiger partial charge in [0.1, 0.15) is 0 Å². The highest BCUT2D eigenvalue weighted by molar-refractivity contribution is 7.16. The Kier molecular flexibility index (Phi) is 2.63. The molecule has 15 heavy (non-hydrogen) atoms. The quantitative estimate of drug-likeness (QED) is 0.879. The van der Waals surface area contributed by atoms with E-state index in [-0.39, 0.29) is 0 Å². The Bertz CT molecular complexity index is 523. The standard InChI is InChI=1S/C10H8ClNO2S/c1-5(10(13)14)8-6(11)2-3-7-9(8)12-4-15-7/h2-5H,1H3,(H,13,14). The number of halogens is 1. The zero-order chi connectivity index (χ0) is 11.0. The molecule has 0 saturated carbocycles. The van der Waals surface area contributed by atoms with Crippen LogP contribution in [0.5, 0.6) is 0 Å². The molecular weight excluding hydrogens is 234 g/mol. The van der Waals surface area contributed by atoms with Crippen molar-refractivity contribution in [3.05, 3.63) is 28.2 Å². The van der Waals surface area contributed by atoms with Crippen molar-refractivity contribution in [1.82, 2.24) is 4.98 Å². The third kappa shape index (κ3) is 1.70. The third-order valence-corrected chi connectivity index (χ3v) is 3.42. The molecule has 0 radical (unpaired) electrons. The van der Waals surface area contributed by atoms with E-state index in [0.717, 1.165) is 4.70 Å². The predicted molar refractivity (Wildman–Crippen MR) is 60.7 cm³/mol. The largest absolute Gasteiger partial charge is 0.481 e. The van der Waals surface area contributed by atoms with Crippen LogP contribution in [0.15, 0.2) is 17.6 Å². The second kappa shape index (κ2) is 3.79. The minimum atomic E-state index is -0.891. The highest BCUT2D eigenvalue weighted by Gasteiger charge is 2.20. The molecule has 2 rings (SSSR count). The van der Waals surface area contributed by atoms with Crippen LogP contribution in [-0.4, -0.2) is 16.1 Å². The van der Waals surface area contributed by atoms with Gasteiger partial charge in [-0.3, -0.25) is 4.79 Å². The first-order valence-corrected chi connectivity index (χ1v) is 5.61. The molecule has 78 valence electrons. The molecule has 2 aromatic rings. The molecule has 5 heteroatoms.